The molecule has 2 rings (SSSR count). The zero-order valence-electron chi connectivity index (χ0n) is 9.18. The topological polar surface area (TPSA) is 26.3 Å². The van der Waals surface area contributed by atoms with E-state index in [2.05, 4.69) is 0 Å². The van der Waals surface area contributed by atoms with Crippen molar-refractivity contribution in [1.82, 2.24) is 0 Å². The predicted octanol–water partition coefficient (Wildman–Crippen LogP) is 3.95. The van der Waals surface area contributed by atoms with Crippen molar-refractivity contribution in [3.05, 3.63) is 51.2 Å². The maximum absolute atomic E-state index is 11.8. The fraction of sp³-hybridized carbons (Fsp3) is 0.167. The molecule has 0 fully saturated rings. The van der Waals surface area contributed by atoms with E-state index in [9.17, 15) is 4.21 Å². The first-order chi connectivity index (χ1) is 8.15. The van der Waals surface area contributed by atoms with Gasteiger partial charge in [-0.25, -0.2) is 4.21 Å². The van der Waals surface area contributed by atoms with Crippen LogP contribution in [0.2, 0.25) is 5.02 Å². The minimum atomic E-state index is -1.35. The number of hydrogen-bond acceptors (Lipinski definition) is 3. The van der Waals surface area contributed by atoms with Gasteiger partial charge in [0.25, 0.3) is 0 Å². The van der Waals surface area contributed by atoms with E-state index in [1.54, 1.807) is 35.6 Å². The van der Waals surface area contributed by atoms with Crippen molar-refractivity contribution < 1.29 is 8.39 Å². The van der Waals surface area contributed by atoms with Gasteiger partial charge in [0.05, 0.1) is 5.75 Å². The van der Waals surface area contributed by atoms with E-state index in [4.69, 9.17) is 15.8 Å². The Labute approximate surface area is 112 Å². The summed E-state index contributed by atoms with van der Waals surface area (Å²) in [5.74, 6) is 0.985. The van der Waals surface area contributed by atoms with Crippen LogP contribution in [-0.4, -0.2) is 4.21 Å². The van der Waals surface area contributed by atoms with Crippen LogP contribution in [0, 0.1) is 6.92 Å². The Balaban J connectivity index is 1.98. The molecule has 0 radical (unpaired) electrons. The molecular formula is C12H11ClO2S2. The zero-order valence-corrected chi connectivity index (χ0v) is 11.6. The standard InChI is InChI=1S/C12H11ClO2S2/c1-9-10(6-7-16-9)8-17(14)15-12-4-2-11(13)3-5-12/h2-7H,8H2,1H3. The number of aryl methyl sites for hydroxylation is 1. The molecule has 1 atom stereocenters. The summed E-state index contributed by atoms with van der Waals surface area (Å²) in [6, 6.07) is 8.82. The number of benzene rings is 1. The highest BCUT2D eigenvalue weighted by Gasteiger charge is 2.07. The number of rotatable bonds is 4. The molecule has 1 heterocycles. The molecule has 0 amide bonds. The SMILES string of the molecule is Cc1sccc1CS(=O)Oc1ccc(Cl)cc1. The van der Waals surface area contributed by atoms with Crippen LogP contribution >= 0.6 is 22.9 Å². The van der Waals surface area contributed by atoms with Crippen molar-refractivity contribution in [3.8, 4) is 5.75 Å². The molecule has 0 aliphatic rings. The Kier molecular flexibility index (Phi) is 4.20. The van der Waals surface area contributed by atoms with E-state index in [-0.39, 0.29) is 0 Å². The summed E-state index contributed by atoms with van der Waals surface area (Å²) in [7, 11) is 0. The molecule has 2 aromatic rings. The smallest absolute Gasteiger partial charge is 0.211 e. The Morgan fingerprint density at radius 3 is 2.59 bits per heavy atom. The molecule has 2 nitrogen and oxygen atoms in total. The molecule has 0 spiro atoms. The molecule has 1 aromatic heterocycles. The van der Waals surface area contributed by atoms with Gasteiger partial charge in [0.15, 0.2) is 0 Å². The summed E-state index contributed by atoms with van der Waals surface area (Å²) >= 11 is 6.05. The van der Waals surface area contributed by atoms with Crippen molar-refractivity contribution in [3.63, 3.8) is 0 Å². The van der Waals surface area contributed by atoms with E-state index in [0.29, 0.717) is 16.5 Å². The highest BCUT2D eigenvalue weighted by molar-refractivity contribution is 7.79. The maximum atomic E-state index is 11.8. The first kappa shape index (κ1) is 12.6. The minimum Gasteiger partial charge on any atom is -0.400 e. The molecular weight excluding hydrogens is 276 g/mol. The molecule has 5 heteroatoms. The van der Waals surface area contributed by atoms with E-state index in [1.807, 2.05) is 18.4 Å². The predicted molar refractivity (Wildman–Crippen MR) is 73.0 cm³/mol. The summed E-state index contributed by atoms with van der Waals surface area (Å²) in [6.45, 7) is 2.01. The minimum absolute atomic E-state index is 0.415. The summed E-state index contributed by atoms with van der Waals surface area (Å²) in [6.07, 6.45) is 0. The Morgan fingerprint density at radius 1 is 1.29 bits per heavy atom. The van der Waals surface area contributed by atoms with Gasteiger partial charge in [0.1, 0.15) is 5.75 Å². The van der Waals surface area contributed by atoms with E-state index >= 15 is 0 Å². The van der Waals surface area contributed by atoms with Gasteiger partial charge in [0, 0.05) is 9.90 Å². The van der Waals surface area contributed by atoms with Crippen molar-refractivity contribution in [2.24, 2.45) is 0 Å². The van der Waals surface area contributed by atoms with Gasteiger partial charge >= 0.3 is 0 Å². The van der Waals surface area contributed by atoms with Gasteiger partial charge in [-0.05, 0) is 48.2 Å². The third kappa shape index (κ3) is 3.56. The van der Waals surface area contributed by atoms with Gasteiger partial charge in [-0.2, -0.15) is 0 Å². The third-order valence-corrected chi connectivity index (χ3v) is 4.31. The van der Waals surface area contributed by atoms with Crippen LogP contribution < -0.4 is 4.18 Å². The highest BCUT2D eigenvalue weighted by atomic mass is 35.5. The van der Waals surface area contributed by atoms with Gasteiger partial charge in [-0.15, -0.1) is 11.3 Å². The van der Waals surface area contributed by atoms with E-state index in [0.717, 1.165) is 5.56 Å². The Hall–Kier alpha value is -0.840. The van der Waals surface area contributed by atoms with Crippen molar-refractivity contribution >= 4 is 34.0 Å². The van der Waals surface area contributed by atoms with Crippen LogP contribution in [0.25, 0.3) is 0 Å². The van der Waals surface area contributed by atoms with Gasteiger partial charge in [0.2, 0.25) is 11.1 Å². The molecule has 1 unspecified atom stereocenters. The van der Waals surface area contributed by atoms with Crippen LogP contribution in [0.3, 0.4) is 0 Å². The zero-order chi connectivity index (χ0) is 12.3. The molecule has 17 heavy (non-hydrogen) atoms. The summed E-state index contributed by atoms with van der Waals surface area (Å²) in [5, 5.41) is 2.63. The second-order valence-electron chi connectivity index (χ2n) is 3.49. The van der Waals surface area contributed by atoms with Crippen molar-refractivity contribution in [2.45, 2.75) is 12.7 Å². The van der Waals surface area contributed by atoms with Gasteiger partial charge in [-0.1, -0.05) is 11.6 Å². The second-order valence-corrected chi connectivity index (χ2v) is 6.11. The molecule has 90 valence electrons. The van der Waals surface area contributed by atoms with Gasteiger partial charge < -0.3 is 4.18 Å². The normalized spacial score (nSPS) is 12.4. The van der Waals surface area contributed by atoms with E-state index in [1.165, 1.54) is 4.88 Å². The Morgan fingerprint density at radius 2 is 2.00 bits per heavy atom. The fourth-order valence-electron chi connectivity index (χ4n) is 1.31. The lowest BCUT2D eigenvalue weighted by Crippen LogP contribution is -2.03. The number of hydrogen-bond donors (Lipinski definition) is 0. The lowest BCUT2D eigenvalue weighted by Gasteiger charge is -2.04. The molecule has 0 saturated heterocycles. The van der Waals surface area contributed by atoms with Crippen LogP contribution in [0.1, 0.15) is 10.4 Å². The van der Waals surface area contributed by atoms with Gasteiger partial charge in [-0.3, -0.25) is 0 Å². The maximum Gasteiger partial charge on any atom is 0.211 e. The third-order valence-electron chi connectivity index (χ3n) is 2.24. The van der Waals surface area contributed by atoms with Crippen LogP contribution in [0.5, 0.6) is 5.75 Å². The monoisotopic (exact) mass is 286 g/mol. The molecule has 0 saturated carbocycles. The average molecular weight is 287 g/mol. The van der Waals surface area contributed by atoms with Crippen molar-refractivity contribution in [1.29, 1.82) is 0 Å². The Bertz CT molecular complexity index is 520. The van der Waals surface area contributed by atoms with Crippen LogP contribution in [-0.2, 0) is 16.8 Å². The van der Waals surface area contributed by atoms with Crippen molar-refractivity contribution in [2.75, 3.05) is 0 Å². The first-order valence-corrected chi connectivity index (χ1v) is 7.50. The van der Waals surface area contributed by atoms with Crippen LogP contribution in [0.4, 0.5) is 0 Å². The van der Waals surface area contributed by atoms with Crippen LogP contribution in [0.15, 0.2) is 35.7 Å². The summed E-state index contributed by atoms with van der Waals surface area (Å²) in [5.41, 5.74) is 1.07. The van der Waals surface area contributed by atoms with E-state index < -0.39 is 11.1 Å². The molecule has 0 aliphatic heterocycles. The molecule has 0 bridgehead atoms. The highest BCUT2D eigenvalue weighted by Crippen LogP contribution is 2.20. The first-order valence-electron chi connectivity index (χ1n) is 5.00. The summed E-state index contributed by atoms with van der Waals surface area (Å²) in [4.78, 5) is 1.18. The average Bonchev–Trinajstić information content (AvgIpc) is 2.68. The fourth-order valence-corrected chi connectivity index (χ4v) is 3.21. The summed E-state index contributed by atoms with van der Waals surface area (Å²) < 4.78 is 17.1. The lowest BCUT2D eigenvalue weighted by molar-refractivity contribution is 0.561. The molecule has 0 N–H and O–H groups in total. The lowest BCUT2D eigenvalue weighted by atomic mass is 10.3. The number of thiophene rings is 1. The largest absolute Gasteiger partial charge is 0.400 e. The molecule has 0 aliphatic carbocycles. The quantitative estimate of drug-likeness (QED) is 0.850. The second kappa shape index (κ2) is 5.67. The number of halogens is 1. The molecule has 1 aromatic carbocycles.